The second kappa shape index (κ2) is 8.89. The Labute approximate surface area is 157 Å². The summed E-state index contributed by atoms with van der Waals surface area (Å²) in [6.07, 6.45) is 5.41. The average Bonchev–Trinajstić information content (AvgIpc) is 2.58. The van der Waals surface area contributed by atoms with Crippen molar-refractivity contribution in [1.29, 1.82) is 0 Å². The number of hydrogen-bond acceptors (Lipinski definition) is 4. The summed E-state index contributed by atoms with van der Waals surface area (Å²) in [5, 5.41) is 0. The van der Waals surface area contributed by atoms with Crippen molar-refractivity contribution >= 4 is 15.9 Å². The molecule has 0 saturated heterocycles. The molecule has 1 aromatic carbocycles. The molecule has 0 N–H and O–H groups in total. The summed E-state index contributed by atoms with van der Waals surface area (Å²) in [7, 11) is -3.33. The van der Waals surface area contributed by atoms with Gasteiger partial charge in [-0.2, -0.15) is 0 Å². The van der Waals surface area contributed by atoms with Crippen LogP contribution in [0.25, 0.3) is 0 Å². The van der Waals surface area contributed by atoms with Crippen molar-refractivity contribution in [3.05, 3.63) is 30.3 Å². The van der Waals surface area contributed by atoms with Gasteiger partial charge in [0.05, 0.1) is 10.6 Å². The van der Waals surface area contributed by atoms with E-state index >= 15 is 0 Å². The minimum atomic E-state index is -3.33. The van der Waals surface area contributed by atoms with Gasteiger partial charge < -0.3 is 9.64 Å². The van der Waals surface area contributed by atoms with Crippen molar-refractivity contribution in [1.82, 2.24) is 4.90 Å². The maximum absolute atomic E-state index is 12.6. The minimum Gasteiger partial charge on any atom is -0.444 e. The highest BCUT2D eigenvalue weighted by Crippen LogP contribution is 2.25. The van der Waals surface area contributed by atoms with Gasteiger partial charge in [-0.15, -0.1) is 0 Å². The molecule has 2 rings (SSSR count). The molecule has 1 aromatic rings. The molecular weight excluding hydrogens is 350 g/mol. The van der Waals surface area contributed by atoms with E-state index in [1.54, 1.807) is 35.2 Å². The SMILES string of the molecule is CC(C)(C)OC(=O)N(CCCS(=O)(=O)c1ccccc1)C1CCCCC1. The van der Waals surface area contributed by atoms with Crippen LogP contribution in [0, 0.1) is 0 Å². The number of ether oxygens (including phenoxy) is 1. The van der Waals surface area contributed by atoms with Gasteiger partial charge in [0.1, 0.15) is 5.60 Å². The summed E-state index contributed by atoms with van der Waals surface area (Å²) < 4.78 is 30.5. The molecule has 0 aromatic heterocycles. The molecule has 0 heterocycles. The first kappa shape index (κ1) is 20.7. The van der Waals surface area contributed by atoms with Crippen molar-refractivity contribution in [2.45, 2.75) is 75.8 Å². The Morgan fingerprint density at radius 2 is 1.73 bits per heavy atom. The van der Waals surface area contributed by atoms with Gasteiger partial charge >= 0.3 is 6.09 Å². The van der Waals surface area contributed by atoms with Crippen LogP contribution in [0.3, 0.4) is 0 Å². The van der Waals surface area contributed by atoms with Crippen molar-refractivity contribution in [2.24, 2.45) is 0 Å². The van der Waals surface area contributed by atoms with Crippen molar-refractivity contribution < 1.29 is 17.9 Å². The van der Waals surface area contributed by atoms with Crippen LogP contribution in [0.1, 0.15) is 59.3 Å². The molecule has 6 heteroatoms. The summed E-state index contributed by atoms with van der Waals surface area (Å²) in [4.78, 5) is 14.7. The van der Waals surface area contributed by atoms with Gasteiger partial charge in [-0.25, -0.2) is 13.2 Å². The lowest BCUT2D eigenvalue weighted by atomic mass is 9.94. The summed E-state index contributed by atoms with van der Waals surface area (Å²) in [5.74, 6) is 0.0308. The molecular formula is C20H31NO4S. The Morgan fingerprint density at radius 1 is 1.12 bits per heavy atom. The fourth-order valence-corrected chi connectivity index (χ4v) is 4.62. The molecule has 1 fully saturated rings. The van der Waals surface area contributed by atoms with Crippen LogP contribution >= 0.6 is 0 Å². The van der Waals surface area contributed by atoms with Crippen molar-refractivity contribution in [2.75, 3.05) is 12.3 Å². The molecule has 0 aliphatic heterocycles. The fourth-order valence-electron chi connectivity index (χ4n) is 3.31. The molecule has 5 nitrogen and oxygen atoms in total. The quantitative estimate of drug-likeness (QED) is 0.732. The predicted octanol–water partition coefficient (Wildman–Crippen LogP) is 4.42. The maximum Gasteiger partial charge on any atom is 0.410 e. The Balaban J connectivity index is 2.01. The smallest absolute Gasteiger partial charge is 0.410 e. The van der Waals surface area contributed by atoms with Gasteiger partial charge in [0.25, 0.3) is 0 Å². The molecule has 146 valence electrons. The van der Waals surface area contributed by atoms with Crippen molar-refractivity contribution in [3.8, 4) is 0 Å². The van der Waals surface area contributed by atoms with E-state index in [0.717, 1.165) is 25.7 Å². The second-order valence-corrected chi connectivity index (χ2v) is 10.1. The van der Waals surface area contributed by atoms with E-state index < -0.39 is 15.4 Å². The highest BCUT2D eigenvalue weighted by Gasteiger charge is 2.29. The lowest BCUT2D eigenvalue weighted by Gasteiger charge is -2.35. The van der Waals surface area contributed by atoms with E-state index in [1.165, 1.54) is 6.42 Å². The number of rotatable bonds is 6. The normalized spacial score (nSPS) is 16.3. The first-order valence-electron chi connectivity index (χ1n) is 9.46. The molecule has 0 atom stereocenters. The first-order valence-corrected chi connectivity index (χ1v) is 11.1. The van der Waals surface area contributed by atoms with Gasteiger partial charge in [0.2, 0.25) is 0 Å². The molecule has 1 aliphatic rings. The predicted molar refractivity (Wildman–Crippen MR) is 103 cm³/mol. The monoisotopic (exact) mass is 381 g/mol. The summed E-state index contributed by atoms with van der Waals surface area (Å²) in [5.41, 5.74) is -0.555. The van der Waals surface area contributed by atoms with Gasteiger partial charge in [0, 0.05) is 12.6 Å². The Morgan fingerprint density at radius 3 is 2.31 bits per heavy atom. The van der Waals surface area contributed by atoms with Crippen LogP contribution in [-0.4, -0.2) is 43.4 Å². The molecule has 0 radical (unpaired) electrons. The van der Waals surface area contributed by atoms with E-state index in [-0.39, 0.29) is 17.9 Å². The van der Waals surface area contributed by atoms with E-state index in [4.69, 9.17) is 4.74 Å². The number of nitrogens with zero attached hydrogens (tertiary/aromatic N) is 1. The van der Waals surface area contributed by atoms with Crippen LogP contribution < -0.4 is 0 Å². The van der Waals surface area contributed by atoms with Crippen molar-refractivity contribution in [3.63, 3.8) is 0 Å². The molecule has 1 saturated carbocycles. The van der Waals surface area contributed by atoms with Gasteiger partial charge in [-0.3, -0.25) is 0 Å². The van der Waals surface area contributed by atoms with Crippen LogP contribution in [0.2, 0.25) is 0 Å². The lowest BCUT2D eigenvalue weighted by Crippen LogP contribution is -2.45. The molecule has 0 unspecified atom stereocenters. The third-order valence-corrected chi connectivity index (χ3v) is 6.37. The highest BCUT2D eigenvalue weighted by molar-refractivity contribution is 7.91. The van der Waals surface area contributed by atoms with Crippen LogP contribution in [0.4, 0.5) is 4.79 Å². The highest BCUT2D eigenvalue weighted by atomic mass is 32.2. The van der Waals surface area contributed by atoms with E-state index in [2.05, 4.69) is 0 Å². The first-order chi connectivity index (χ1) is 12.2. The zero-order valence-corrected chi connectivity index (χ0v) is 16.9. The topological polar surface area (TPSA) is 63.7 Å². The number of carbonyl (C=O) groups is 1. The minimum absolute atomic E-state index is 0.0308. The molecule has 1 amide bonds. The zero-order chi connectivity index (χ0) is 19.2. The Hall–Kier alpha value is -1.56. The van der Waals surface area contributed by atoms with E-state index in [1.807, 2.05) is 20.8 Å². The summed E-state index contributed by atoms with van der Waals surface area (Å²) in [6, 6.07) is 8.62. The summed E-state index contributed by atoms with van der Waals surface area (Å²) in [6.45, 7) is 5.96. The third-order valence-electron chi connectivity index (χ3n) is 4.56. The standard InChI is InChI=1S/C20H31NO4S/c1-20(2,3)25-19(22)21(17-11-6-4-7-12-17)15-10-16-26(23,24)18-13-8-5-9-14-18/h5,8-9,13-14,17H,4,6-7,10-12,15-16H2,1-3H3. The number of amides is 1. The number of sulfone groups is 1. The van der Waals surface area contributed by atoms with Gasteiger partial charge in [0.15, 0.2) is 9.84 Å². The molecule has 0 spiro atoms. The largest absolute Gasteiger partial charge is 0.444 e. The number of benzene rings is 1. The molecule has 26 heavy (non-hydrogen) atoms. The van der Waals surface area contributed by atoms with Gasteiger partial charge in [-0.05, 0) is 52.2 Å². The zero-order valence-electron chi connectivity index (χ0n) is 16.1. The third kappa shape index (κ3) is 6.31. The fraction of sp³-hybridized carbons (Fsp3) is 0.650. The molecule has 0 bridgehead atoms. The maximum atomic E-state index is 12.6. The summed E-state index contributed by atoms with van der Waals surface area (Å²) >= 11 is 0. The van der Waals surface area contributed by atoms with E-state index in [0.29, 0.717) is 17.9 Å². The second-order valence-electron chi connectivity index (χ2n) is 7.95. The van der Waals surface area contributed by atoms with Crippen LogP contribution in [0.5, 0.6) is 0 Å². The molecule has 1 aliphatic carbocycles. The van der Waals surface area contributed by atoms with Crippen LogP contribution in [-0.2, 0) is 14.6 Å². The average molecular weight is 382 g/mol. The Bertz CT molecular complexity index is 674. The van der Waals surface area contributed by atoms with E-state index in [9.17, 15) is 13.2 Å². The number of carbonyl (C=O) groups excluding carboxylic acids is 1. The number of hydrogen-bond donors (Lipinski definition) is 0. The van der Waals surface area contributed by atoms with Gasteiger partial charge in [-0.1, -0.05) is 37.5 Å². The lowest BCUT2D eigenvalue weighted by molar-refractivity contribution is 0.0122. The Kier molecular flexibility index (Phi) is 7.09. The van der Waals surface area contributed by atoms with Crippen LogP contribution in [0.15, 0.2) is 35.2 Å².